The summed E-state index contributed by atoms with van der Waals surface area (Å²) in [5.41, 5.74) is 3.60. The zero-order valence-corrected chi connectivity index (χ0v) is 16.3. The van der Waals surface area contributed by atoms with Crippen molar-refractivity contribution in [3.8, 4) is 11.5 Å². The SMILES string of the molecule is COc1ccc(Cn2nc(C)c3c2NC(=O)CC3c2cc(C)no2)cc1OC. The van der Waals surface area contributed by atoms with Gasteiger partial charge in [0.05, 0.1) is 38.1 Å². The highest BCUT2D eigenvalue weighted by Gasteiger charge is 2.34. The fraction of sp³-hybridized carbons (Fsp3) is 0.350. The second kappa shape index (κ2) is 7.03. The van der Waals surface area contributed by atoms with E-state index >= 15 is 0 Å². The number of anilines is 1. The number of hydrogen-bond acceptors (Lipinski definition) is 6. The van der Waals surface area contributed by atoms with Crippen molar-refractivity contribution in [2.75, 3.05) is 19.5 Å². The van der Waals surface area contributed by atoms with Gasteiger partial charge in [-0.2, -0.15) is 5.10 Å². The van der Waals surface area contributed by atoms with E-state index in [2.05, 4.69) is 15.6 Å². The molecule has 28 heavy (non-hydrogen) atoms. The van der Waals surface area contributed by atoms with Crippen molar-refractivity contribution in [1.82, 2.24) is 14.9 Å². The largest absolute Gasteiger partial charge is 0.493 e. The first-order chi connectivity index (χ1) is 13.5. The fourth-order valence-corrected chi connectivity index (χ4v) is 3.67. The Morgan fingerprint density at radius 2 is 2.00 bits per heavy atom. The first-order valence-electron chi connectivity index (χ1n) is 9.01. The minimum Gasteiger partial charge on any atom is -0.493 e. The smallest absolute Gasteiger partial charge is 0.226 e. The molecule has 0 bridgehead atoms. The molecular formula is C20H22N4O4. The number of aryl methyl sites for hydroxylation is 2. The second-order valence-corrected chi connectivity index (χ2v) is 6.87. The zero-order chi connectivity index (χ0) is 19.8. The summed E-state index contributed by atoms with van der Waals surface area (Å²) in [6.07, 6.45) is 0.310. The molecule has 0 radical (unpaired) electrons. The topological polar surface area (TPSA) is 91.4 Å². The highest BCUT2D eigenvalue weighted by molar-refractivity contribution is 5.94. The van der Waals surface area contributed by atoms with Crippen LogP contribution in [0.4, 0.5) is 5.82 Å². The van der Waals surface area contributed by atoms with Gasteiger partial charge in [-0.05, 0) is 31.5 Å². The highest BCUT2D eigenvalue weighted by atomic mass is 16.5. The molecule has 0 saturated carbocycles. The predicted octanol–water partition coefficient (Wildman–Crippen LogP) is 3.03. The third-order valence-corrected chi connectivity index (χ3v) is 4.94. The van der Waals surface area contributed by atoms with Crippen molar-refractivity contribution >= 4 is 11.7 Å². The quantitative estimate of drug-likeness (QED) is 0.729. The molecule has 8 nitrogen and oxygen atoms in total. The summed E-state index contributed by atoms with van der Waals surface area (Å²) in [6.45, 7) is 4.29. The van der Waals surface area contributed by atoms with Crippen molar-refractivity contribution in [2.24, 2.45) is 0 Å². The van der Waals surface area contributed by atoms with Crippen LogP contribution in [0.25, 0.3) is 0 Å². The Morgan fingerprint density at radius 1 is 1.21 bits per heavy atom. The Morgan fingerprint density at radius 3 is 2.68 bits per heavy atom. The van der Waals surface area contributed by atoms with Crippen LogP contribution >= 0.6 is 0 Å². The lowest BCUT2D eigenvalue weighted by Crippen LogP contribution is -2.25. The highest BCUT2D eigenvalue weighted by Crippen LogP contribution is 2.39. The van der Waals surface area contributed by atoms with Gasteiger partial charge in [0.1, 0.15) is 11.6 Å². The number of nitrogens with zero attached hydrogens (tertiary/aromatic N) is 3. The third-order valence-electron chi connectivity index (χ3n) is 4.94. The molecule has 1 aliphatic rings. The zero-order valence-electron chi connectivity index (χ0n) is 16.3. The van der Waals surface area contributed by atoms with Gasteiger partial charge in [0, 0.05) is 18.1 Å². The number of carbonyl (C=O) groups excluding carboxylic acids is 1. The average Bonchev–Trinajstić information content (AvgIpc) is 3.24. The van der Waals surface area contributed by atoms with Crippen molar-refractivity contribution in [3.63, 3.8) is 0 Å². The van der Waals surface area contributed by atoms with E-state index in [4.69, 9.17) is 14.0 Å². The molecule has 0 saturated heterocycles. The van der Waals surface area contributed by atoms with Crippen LogP contribution in [0.2, 0.25) is 0 Å². The van der Waals surface area contributed by atoms with E-state index < -0.39 is 0 Å². The van der Waals surface area contributed by atoms with Crippen LogP contribution in [0.15, 0.2) is 28.8 Å². The number of hydrogen-bond donors (Lipinski definition) is 1. The first kappa shape index (κ1) is 18.1. The Kier molecular flexibility index (Phi) is 4.54. The van der Waals surface area contributed by atoms with Gasteiger partial charge < -0.3 is 19.3 Å². The van der Waals surface area contributed by atoms with E-state index in [0.29, 0.717) is 36.0 Å². The number of ether oxygens (including phenoxy) is 2. The van der Waals surface area contributed by atoms with Crippen LogP contribution in [-0.2, 0) is 11.3 Å². The van der Waals surface area contributed by atoms with Crippen LogP contribution in [-0.4, -0.2) is 35.1 Å². The van der Waals surface area contributed by atoms with Gasteiger partial charge in [-0.25, -0.2) is 4.68 Å². The Bertz CT molecular complexity index is 1040. The molecule has 3 aromatic rings. The second-order valence-electron chi connectivity index (χ2n) is 6.87. The number of rotatable bonds is 5. The van der Waals surface area contributed by atoms with Gasteiger partial charge in [-0.1, -0.05) is 11.2 Å². The number of benzene rings is 1. The number of amides is 1. The Labute approximate surface area is 162 Å². The summed E-state index contributed by atoms with van der Waals surface area (Å²) in [6, 6.07) is 7.59. The average molecular weight is 382 g/mol. The van der Waals surface area contributed by atoms with E-state index in [0.717, 1.165) is 22.5 Å². The maximum Gasteiger partial charge on any atom is 0.226 e. The van der Waals surface area contributed by atoms with E-state index in [1.54, 1.807) is 18.9 Å². The van der Waals surface area contributed by atoms with Crippen molar-refractivity contribution in [2.45, 2.75) is 32.7 Å². The van der Waals surface area contributed by atoms with E-state index in [1.165, 1.54) is 0 Å². The number of methoxy groups -OCH3 is 2. The first-order valence-corrected chi connectivity index (χ1v) is 9.01. The van der Waals surface area contributed by atoms with Crippen molar-refractivity contribution < 1.29 is 18.8 Å². The van der Waals surface area contributed by atoms with Gasteiger partial charge >= 0.3 is 0 Å². The molecule has 4 rings (SSSR count). The van der Waals surface area contributed by atoms with E-state index in [9.17, 15) is 4.79 Å². The molecule has 0 fully saturated rings. The lowest BCUT2D eigenvalue weighted by atomic mass is 9.90. The molecule has 8 heteroatoms. The predicted molar refractivity (Wildman–Crippen MR) is 102 cm³/mol. The summed E-state index contributed by atoms with van der Waals surface area (Å²) in [5, 5.41) is 11.6. The minimum absolute atomic E-state index is 0.0694. The third kappa shape index (κ3) is 3.11. The molecule has 1 N–H and O–H groups in total. The molecule has 2 aromatic heterocycles. The van der Waals surface area contributed by atoms with Crippen LogP contribution < -0.4 is 14.8 Å². The van der Waals surface area contributed by atoms with Gasteiger partial charge in [0.25, 0.3) is 0 Å². The molecule has 1 atom stereocenters. The van der Waals surface area contributed by atoms with Crippen molar-refractivity contribution in [3.05, 3.63) is 52.5 Å². The van der Waals surface area contributed by atoms with E-state index in [-0.39, 0.29) is 11.8 Å². The summed E-state index contributed by atoms with van der Waals surface area (Å²) >= 11 is 0. The van der Waals surface area contributed by atoms with E-state index in [1.807, 2.05) is 38.1 Å². The Balaban J connectivity index is 1.72. The van der Waals surface area contributed by atoms with Crippen molar-refractivity contribution in [1.29, 1.82) is 0 Å². The number of aromatic nitrogens is 3. The van der Waals surface area contributed by atoms with Gasteiger partial charge in [-0.15, -0.1) is 0 Å². The molecule has 1 amide bonds. The molecule has 146 valence electrons. The fourth-order valence-electron chi connectivity index (χ4n) is 3.67. The van der Waals surface area contributed by atoms with Gasteiger partial charge in [0.2, 0.25) is 5.91 Å². The minimum atomic E-state index is -0.191. The van der Waals surface area contributed by atoms with Crippen LogP contribution in [0.5, 0.6) is 11.5 Å². The number of carbonyl (C=O) groups is 1. The molecular weight excluding hydrogens is 360 g/mol. The molecule has 1 unspecified atom stereocenters. The van der Waals surface area contributed by atoms with Gasteiger partial charge in [-0.3, -0.25) is 4.79 Å². The van der Waals surface area contributed by atoms with Crippen LogP contribution in [0.3, 0.4) is 0 Å². The number of nitrogens with one attached hydrogen (secondary N) is 1. The Hall–Kier alpha value is -3.29. The summed E-state index contributed by atoms with van der Waals surface area (Å²) in [5.74, 6) is 2.44. The molecule has 1 aromatic carbocycles. The summed E-state index contributed by atoms with van der Waals surface area (Å²) in [4.78, 5) is 12.4. The molecule has 1 aliphatic heterocycles. The maximum atomic E-state index is 12.4. The molecule has 0 aliphatic carbocycles. The maximum absolute atomic E-state index is 12.4. The van der Waals surface area contributed by atoms with Crippen LogP contribution in [0.1, 0.15) is 40.6 Å². The monoisotopic (exact) mass is 382 g/mol. The normalized spacial score (nSPS) is 15.9. The van der Waals surface area contributed by atoms with Crippen LogP contribution in [0, 0.1) is 13.8 Å². The molecule has 0 spiro atoms. The summed E-state index contributed by atoms with van der Waals surface area (Å²) < 4.78 is 17.9. The summed E-state index contributed by atoms with van der Waals surface area (Å²) in [7, 11) is 3.21. The lowest BCUT2D eigenvalue weighted by molar-refractivity contribution is -0.116. The lowest BCUT2D eigenvalue weighted by Gasteiger charge is -2.22. The molecule has 3 heterocycles. The van der Waals surface area contributed by atoms with Gasteiger partial charge in [0.15, 0.2) is 11.5 Å². The number of fused-ring (bicyclic) bond motifs is 1. The standard InChI is InChI=1S/C20H22N4O4/c1-11-7-16(28-23-11)14-9-18(25)21-20-19(14)12(2)22-24(20)10-13-5-6-15(26-3)17(8-13)27-4/h5-8,14H,9-10H2,1-4H3,(H,21,25).